The minimum Gasteiger partial charge on any atom is -0.492 e. The minimum atomic E-state index is 0.0784. The lowest BCUT2D eigenvalue weighted by Gasteiger charge is -2.19. The molecule has 0 saturated heterocycles. The van der Waals surface area contributed by atoms with Gasteiger partial charge in [0.15, 0.2) is 0 Å². The molecule has 0 aliphatic rings. The molecule has 0 radical (unpaired) electrons. The molecule has 0 aliphatic heterocycles. The summed E-state index contributed by atoms with van der Waals surface area (Å²) in [4.78, 5) is 3.73. The number of benzene rings is 1. The van der Waals surface area contributed by atoms with Gasteiger partial charge in [0.2, 0.25) is 0 Å². The Hall–Kier alpha value is -1.85. The van der Waals surface area contributed by atoms with Crippen LogP contribution in [0.1, 0.15) is 17.4 Å². The molecule has 5 heteroatoms. The van der Waals surface area contributed by atoms with Crippen molar-refractivity contribution in [2.45, 2.75) is 13.5 Å². The smallest absolute Gasteiger partial charge is 0.122 e. The fraction of sp³-hybridized carbons (Fsp3) is 0.312. The highest BCUT2D eigenvalue weighted by Crippen LogP contribution is 2.13. The second-order valence-corrected chi connectivity index (χ2v) is 5.77. The third kappa shape index (κ3) is 4.88. The summed E-state index contributed by atoms with van der Waals surface area (Å²) in [5.74, 6) is 0.891. The van der Waals surface area contributed by atoms with Crippen LogP contribution in [0.15, 0.2) is 41.8 Å². The van der Waals surface area contributed by atoms with E-state index in [-0.39, 0.29) is 5.84 Å². The highest BCUT2D eigenvalue weighted by molar-refractivity contribution is 7.09. The minimum absolute atomic E-state index is 0.0784. The summed E-state index contributed by atoms with van der Waals surface area (Å²) in [5.41, 5.74) is 6.14. The maximum absolute atomic E-state index is 7.35. The number of nitrogen functional groups attached to an aromatic ring is 1. The maximum atomic E-state index is 7.35. The Balaban J connectivity index is 1.78. The predicted molar refractivity (Wildman–Crippen MR) is 88.2 cm³/mol. The number of likely N-dealkylation sites (N-methyl/N-ethyl adjacent to an activating group) is 1. The van der Waals surface area contributed by atoms with E-state index in [4.69, 9.17) is 15.9 Å². The molecule has 0 aliphatic carbocycles. The zero-order valence-electron chi connectivity index (χ0n) is 12.2. The van der Waals surface area contributed by atoms with Gasteiger partial charge >= 0.3 is 0 Å². The van der Waals surface area contributed by atoms with Crippen LogP contribution in [-0.4, -0.2) is 30.4 Å². The van der Waals surface area contributed by atoms with Gasteiger partial charge in [-0.15, -0.1) is 11.3 Å². The van der Waals surface area contributed by atoms with Gasteiger partial charge in [0.1, 0.15) is 18.2 Å². The zero-order valence-corrected chi connectivity index (χ0v) is 13.0. The summed E-state index contributed by atoms with van der Waals surface area (Å²) in [6.07, 6.45) is 0. The molecule has 0 fully saturated rings. The summed E-state index contributed by atoms with van der Waals surface area (Å²) >= 11 is 1.79. The Morgan fingerprint density at radius 1 is 1.29 bits per heavy atom. The van der Waals surface area contributed by atoms with E-state index in [1.807, 2.05) is 12.1 Å². The van der Waals surface area contributed by atoms with E-state index in [2.05, 4.69) is 29.3 Å². The molecule has 0 unspecified atom stereocenters. The summed E-state index contributed by atoms with van der Waals surface area (Å²) in [7, 11) is 0. The van der Waals surface area contributed by atoms with Crippen molar-refractivity contribution in [3.05, 3.63) is 52.2 Å². The fourth-order valence-electron chi connectivity index (χ4n) is 2.00. The zero-order chi connectivity index (χ0) is 15.1. The van der Waals surface area contributed by atoms with Gasteiger partial charge in [-0.2, -0.15) is 0 Å². The van der Waals surface area contributed by atoms with Crippen LogP contribution in [0, 0.1) is 5.41 Å². The van der Waals surface area contributed by atoms with Crippen LogP contribution in [-0.2, 0) is 6.54 Å². The van der Waals surface area contributed by atoms with Gasteiger partial charge in [-0.3, -0.25) is 10.3 Å². The van der Waals surface area contributed by atoms with Crippen LogP contribution in [0.25, 0.3) is 0 Å². The highest BCUT2D eigenvalue weighted by atomic mass is 32.1. The molecule has 2 rings (SSSR count). The number of nitrogens with zero attached hydrogens (tertiary/aromatic N) is 1. The molecular weight excluding hydrogens is 282 g/mol. The van der Waals surface area contributed by atoms with E-state index in [0.29, 0.717) is 6.61 Å². The van der Waals surface area contributed by atoms with Crippen LogP contribution in [0.4, 0.5) is 0 Å². The Bertz CT molecular complexity index is 551. The van der Waals surface area contributed by atoms with Crippen LogP contribution >= 0.6 is 11.3 Å². The summed E-state index contributed by atoms with van der Waals surface area (Å²) in [5, 5.41) is 9.46. The average Bonchev–Trinajstić information content (AvgIpc) is 2.99. The van der Waals surface area contributed by atoms with Crippen LogP contribution in [0.5, 0.6) is 5.75 Å². The standard InChI is InChI=1S/C16H21N3OS/c1-2-19(12-15-4-3-11-21-15)9-10-20-14-7-5-13(6-8-14)16(17)18/h3-8,11H,2,9-10,12H2,1H3,(H3,17,18). The Labute approximate surface area is 129 Å². The van der Waals surface area contributed by atoms with E-state index in [0.717, 1.165) is 30.9 Å². The number of hydrogen-bond donors (Lipinski definition) is 2. The average molecular weight is 303 g/mol. The molecule has 0 spiro atoms. The molecule has 4 nitrogen and oxygen atoms in total. The van der Waals surface area contributed by atoms with E-state index >= 15 is 0 Å². The second-order valence-electron chi connectivity index (χ2n) is 4.73. The van der Waals surface area contributed by atoms with Crippen LogP contribution < -0.4 is 10.5 Å². The van der Waals surface area contributed by atoms with Crippen LogP contribution in [0.2, 0.25) is 0 Å². The van der Waals surface area contributed by atoms with Gasteiger partial charge in [-0.05, 0) is 42.3 Å². The first-order valence-corrected chi connectivity index (χ1v) is 7.89. The van der Waals surface area contributed by atoms with Gasteiger partial charge in [0.25, 0.3) is 0 Å². The Kier molecular flexibility index (Phi) is 5.78. The van der Waals surface area contributed by atoms with E-state index in [9.17, 15) is 0 Å². The number of thiophene rings is 1. The summed E-state index contributed by atoms with van der Waals surface area (Å²) in [6.45, 7) is 5.68. The van der Waals surface area contributed by atoms with E-state index in [1.165, 1.54) is 4.88 Å². The molecule has 2 aromatic rings. The monoisotopic (exact) mass is 303 g/mol. The van der Waals surface area contributed by atoms with Crippen LogP contribution in [0.3, 0.4) is 0 Å². The lowest BCUT2D eigenvalue weighted by atomic mass is 10.2. The Morgan fingerprint density at radius 2 is 2.05 bits per heavy atom. The van der Waals surface area contributed by atoms with Crippen molar-refractivity contribution in [2.24, 2.45) is 5.73 Å². The number of rotatable bonds is 8. The molecule has 1 aromatic carbocycles. The number of nitrogens with one attached hydrogen (secondary N) is 1. The van der Waals surface area contributed by atoms with Crippen molar-refractivity contribution in [1.29, 1.82) is 5.41 Å². The first kappa shape index (κ1) is 15.5. The number of hydrogen-bond acceptors (Lipinski definition) is 4. The van der Waals surface area contributed by atoms with Crippen molar-refractivity contribution in [3.63, 3.8) is 0 Å². The van der Waals surface area contributed by atoms with E-state index < -0.39 is 0 Å². The van der Waals surface area contributed by atoms with Crippen molar-refractivity contribution in [3.8, 4) is 5.75 Å². The van der Waals surface area contributed by atoms with Gasteiger partial charge < -0.3 is 10.5 Å². The third-order valence-corrected chi connectivity index (χ3v) is 4.11. The SMILES string of the molecule is CCN(CCOc1ccc(C(=N)N)cc1)Cc1cccs1. The fourth-order valence-corrected chi connectivity index (χ4v) is 2.74. The summed E-state index contributed by atoms with van der Waals surface area (Å²) < 4.78 is 5.74. The van der Waals surface area contributed by atoms with Gasteiger partial charge in [-0.1, -0.05) is 13.0 Å². The molecule has 0 bridgehead atoms. The number of amidine groups is 1. The quantitative estimate of drug-likeness (QED) is 0.582. The van der Waals surface area contributed by atoms with Crippen molar-refractivity contribution < 1.29 is 4.74 Å². The lowest BCUT2D eigenvalue weighted by Crippen LogP contribution is -2.27. The summed E-state index contributed by atoms with van der Waals surface area (Å²) in [6, 6.07) is 11.6. The van der Waals surface area contributed by atoms with Crippen molar-refractivity contribution in [2.75, 3.05) is 19.7 Å². The van der Waals surface area contributed by atoms with E-state index in [1.54, 1.807) is 23.5 Å². The first-order chi connectivity index (χ1) is 10.2. The number of ether oxygens (including phenoxy) is 1. The molecule has 0 atom stereocenters. The molecule has 0 saturated carbocycles. The highest BCUT2D eigenvalue weighted by Gasteiger charge is 2.05. The van der Waals surface area contributed by atoms with Gasteiger partial charge in [0.05, 0.1) is 0 Å². The van der Waals surface area contributed by atoms with Gasteiger partial charge in [-0.25, -0.2) is 0 Å². The van der Waals surface area contributed by atoms with Crippen molar-refractivity contribution in [1.82, 2.24) is 4.90 Å². The number of nitrogens with two attached hydrogens (primary N) is 1. The molecule has 1 aromatic heterocycles. The molecule has 112 valence electrons. The van der Waals surface area contributed by atoms with Crippen molar-refractivity contribution >= 4 is 17.2 Å². The molecule has 3 N–H and O–H groups in total. The molecule has 1 heterocycles. The third-order valence-electron chi connectivity index (χ3n) is 3.25. The Morgan fingerprint density at radius 3 is 2.62 bits per heavy atom. The van der Waals surface area contributed by atoms with Gasteiger partial charge in [0, 0.05) is 23.5 Å². The first-order valence-electron chi connectivity index (χ1n) is 7.01. The maximum Gasteiger partial charge on any atom is 0.122 e. The lowest BCUT2D eigenvalue weighted by molar-refractivity contribution is 0.211. The normalized spacial score (nSPS) is 10.8. The second kappa shape index (κ2) is 7.81. The predicted octanol–water partition coefficient (Wildman–Crippen LogP) is 2.93. The largest absolute Gasteiger partial charge is 0.492 e. The molecular formula is C16H21N3OS. The topological polar surface area (TPSA) is 62.3 Å². The molecule has 0 amide bonds. The molecule has 21 heavy (non-hydrogen) atoms.